The second-order valence-corrected chi connectivity index (χ2v) is 4.11. The van der Waals surface area contributed by atoms with Gasteiger partial charge in [-0.05, 0) is 30.7 Å². The number of rotatable bonds is 6. The lowest BCUT2D eigenvalue weighted by Gasteiger charge is -2.08. The number of primary amides is 1. The number of ether oxygens (including phenoxy) is 2. The van der Waals surface area contributed by atoms with Gasteiger partial charge in [-0.15, -0.1) is 0 Å². The molecule has 0 unspecified atom stereocenters. The molecule has 0 radical (unpaired) electrons. The molecule has 1 atom stereocenters. The van der Waals surface area contributed by atoms with E-state index >= 15 is 0 Å². The van der Waals surface area contributed by atoms with E-state index in [0.29, 0.717) is 11.5 Å². The summed E-state index contributed by atoms with van der Waals surface area (Å²) < 4.78 is 10.2. The minimum atomic E-state index is -0.716. The molecule has 6 heteroatoms. The van der Waals surface area contributed by atoms with Crippen LogP contribution in [0.15, 0.2) is 24.3 Å². The van der Waals surface area contributed by atoms with Crippen molar-refractivity contribution >= 4 is 17.9 Å². The molecule has 20 heavy (non-hydrogen) atoms. The predicted octanol–water partition coefficient (Wildman–Crippen LogP) is 0.707. The van der Waals surface area contributed by atoms with E-state index in [1.165, 1.54) is 13.0 Å². The Kier molecular flexibility index (Phi) is 5.58. The number of amides is 2. The van der Waals surface area contributed by atoms with E-state index < -0.39 is 17.9 Å². The highest BCUT2D eigenvalue weighted by Crippen LogP contribution is 2.23. The largest absolute Gasteiger partial charge is 0.497 e. The quantitative estimate of drug-likeness (QED) is 0.750. The number of hydrogen-bond acceptors (Lipinski definition) is 4. The normalized spacial score (nSPS) is 11.9. The Morgan fingerprint density at radius 3 is 2.20 bits per heavy atom. The van der Waals surface area contributed by atoms with Crippen LogP contribution in [0.2, 0.25) is 0 Å². The Morgan fingerprint density at radius 1 is 1.20 bits per heavy atom. The van der Waals surface area contributed by atoms with Gasteiger partial charge in [0.25, 0.3) is 0 Å². The summed E-state index contributed by atoms with van der Waals surface area (Å²) in [4.78, 5) is 22.4. The number of benzene rings is 1. The van der Waals surface area contributed by atoms with E-state index in [1.54, 1.807) is 38.5 Å². The van der Waals surface area contributed by atoms with Gasteiger partial charge in [-0.1, -0.05) is 0 Å². The molecule has 108 valence electrons. The lowest BCUT2D eigenvalue weighted by molar-refractivity contribution is -0.124. The summed E-state index contributed by atoms with van der Waals surface area (Å²) >= 11 is 0. The van der Waals surface area contributed by atoms with Crippen molar-refractivity contribution < 1.29 is 19.1 Å². The van der Waals surface area contributed by atoms with E-state index in [-0.39, 0.29) is 0 Å². The van der Waals surface area contributed by atoms with Crippen molar-refractivity contribution in [2.75, 3.05) is 14.2 Å². The van der Waals surface area contributed by atoms with Gasteiger partial charge < -0.3 is 20.5 Å². The Labute approximate surface area is 117 Å². The molecule has 1 aromatic rings. The number of carbonyl (C=O) groups is 2. The lowest BCUT2D eigenvalue weighted by atomic mass is 10.2. The maximum Gasteiger partial charge on any atom is 0.244 e. The summed E-state index contributed by atoms with van der Waals surface area (Å²) in [5.41, 5.74) is 5.80. The average molecular weight is 278 g/mol. The Bertz CT molecular complexity index is 504. The number of carbonyl (C=O) groups excluding carboxylic acids is 2. The predicted molar refractivity (Wildman–Crippen MR) is 75.4 cm³/mol. The van der Waals surface area contributed by atoms with Gasteiger partial charge in [-0.3, -0.25) is 9.59 Å². The zero-order valence-electron chi connectivity index (χ0n) is 11.7. The van der Waals surface area contributed by atoms with Crippen molar-refractivity contribution in [3.05, 3.63) is 29.8 Å². The average Bonchev–Trinajstić information content (AvgIpc) is 2.44. The van der Waals surface area contributed by atoms with Crippen LogP contribution in [0.1, 0.15) is 12.5 Å². The molecule has 0 bridgehead atoms. The number of methoxy groups -OCH3 is 2. The van der Waals surface area contributed by atoms with E-state index in [0.717, 1.165) is 5.56 Å². The van der Waals surface area contributed by atoms with Crippen LogP contribution in [-0.2, 0) is 9.59 Å². The second-order valence-electron chi connectivity index (χ2n) is 4.11. The van der Waals surface area contributed by atoms with Crippen molar-refractivity contribution in [3.8, 4) is 11.5 Å². The van der Waals surface area contributed by atoms with Crippen molar-refractivity contribution in [1.29, 1.82) is 0 Å². The first-order valence-corrected chi connectivity index (χ1v) is 5.97. The number of hydrogen-bond donors (Lipinski definition) is 2. The number of nitrogens with two attached hydrogens (primary N) is 1. The van der Waals surface area contributed by atoms with E-state index in [4.69, 9.17) is 15.2 Å². The molecule has 0 aliphatic heterocycles. The molecule has 6 nitrogen and oxygen atoms in total. The topological polar surface area (TPSA) is 90.6 Å². The summed E-state index contributed by atoms with van der Waals surface area (Å²) in [5, 5.41) is 2.44. The van der Waals surface area contributed by atoms with E-state index in [2.05, 4.69) is 5.32 Å². The van der Waals surface area contributed by atoms with Gasteiger partial charge in [-0.2, -0.15) is 0 Å². The summed E-state index contributed by atoms with van der Waals surface area (Å²) in [6, 6.07) is 4.52. The molecule has 0 aliphatic rings. The number of nitrogens with one attached hydrogen (secondary N) is 1. The van der Waals surface area contributed by atoms with Crippen LogP contribution in [-0.4, -0.2) is 32.1 Å². The SMILES string of the molecule is COc1cc(/C=C\C(=O)N[C@H](C)C(N)=O)cc(OC)c1. The van der Waals surface area contributed by atoms with Gasteiger partial charge in [0.05, 0.1) is 14.2 Å². The van der Waals surface area contributed by atoms with Crippen molar-refractivity contribution in [2.24, 2.45) is 5.73 Å². The van der Waals surface area contributed by atoms with Crippen LogP contribution in [0.5, 0.6) is 11.5 Å². The lowest BCUT2D eigenvalue weighted by Crippen LogP contribution is -2.41. The monoisotopic (exact) mass is 278 g/mol. The second kappa shape index (κ2) is 7.18. The minimum Gasteiger partial charge on any atom is -0.497 e. The van der Waals surface area contributed by atoms with E-state index in [1.807, 2.05) is 0 Å². The Hall–Kier alpha value is -2.50. The smallest absolute Gasteiger partial charge is 0.244 e. The van der Waals surface area contributed by atoms with Crippen LogP contribution in [0, 0.1) is 0 Å². The molecule has 0 spiro atoms. The molecule has 3 N–H and O–H groups in total. The first-order valence-electron chi connectivity index (χ1n) is 5.97. The highest BCUT2D eigenvalue weighted by atomic mass is 16.5. The highest BCUT2D eigenvalue weighted by Gasteiger charge is 2.09. The van der Waals surface area contributed by atoms with Crippen LogP contribution in [0.3, 0.4) is 0 Å². The maximum atomic E-state index is 11.6. The van der Waals surface area contributed by atoms with Gasteiger partial charge >= 0.3 is 0 Å². The zero-order chi connectivity index (χ0) is 15.1. The Balaban J connectivity index is 2.79. The first-order chi connectivity index (χ1) is 9.46. The van der Waals surface area contributed by atoms with Crippen molar-refractivity contribution in [1.82, 2.24) is 5.32 Å². The molecule has 0 saturated carbocycles. The molecule has 1 aromatic carbocycles. The fourth-order valence-corrected chi connectivity index (χ4v) is 1.43. The molecule has 0 aromatic heterocycles. The van der Waals surface area contributed by atoms with Crippen LogP contribution in [0.25, 0.3) is 6.08 Å². The maximum absolute atomic E-state index is 11.6. The van der Waals surface area contributed by atoms with Crippen molar-refractivity contribution in [2.45, 2.75) is 13.0 Å². The van der Waals surface area contributed by atoms with Crippen LogP contribution in [0.4, 0.5) is 0 Å². The first kappa shape index (κ1) is 15.6. The Morgan fingerprint density at radius 2 is 1.75 bits per heavy atom. The summed E-state index contributed by atoms with van der Waals surface area (Å²) in [6.45, 7) is 1.52. The third-order valence-electron chi connectivity index (χ3n) is 2.59. The fourth-order valence-electron chi connectivity index (χ4n) is 1.43. The third kappa shape index (κ3) is 4.64. The van der Waals surface area contributed by atoms with Gasteiger partial charge in [0.2, 0.25) is 11.8 Å². The fraction of sp³-hybridized carbons (Fsp3) is 0.286. The van der Waals surface area contributed by atoms with Crippen LogP contribution >= 0.6 is 0 Å². The molecule has 0 saturated heterocycles. The molecular weight excluding hydrogens is 260 g/mol. The zero-order valence-corrected chi connectivity index (χ0v) is 11.7. The standard InChI is InChI=1S/C14H18N2O4/c1-9(14(15)18)16-13(17)5-4-10-6-11(19-2)8-12(7-10)20-3/h4-9H,1-3H3,(H2,15,18)(H,16,17)/b5-4-/t9-/m1/s1. The van der Waals surface area contributed by atoms with Gasteiger partial charge in [0, 0.05) is 12.1 Å². The molecule has 2 amide bonds. The van der Waals surface area contributed by atoms with Gasteiger partial charge in [-0.25, -0.2) is 0 Å². The third-order valence-corrected chi connectivity index (χ3v) is 2.59. The highest BCUT2D eigenvalue weighted by molar-refractivity contribution is 5.95. The molecular formula is C14H18N2O4. The molecule has 1 rings (SSSR count). The molecule has 0 fully saturated rings. The summed E-state index contributed by atoms with van der Waals surface area (Å²) in [5.74, 6) is 0.248. The molecule has 0 aliphatic carbocycles. The van der Waals surface area contributed by atoms with Crippen molar-refractivity contribution in [3.63, 3.8) is 0 Å². The van der Waals surface area contributed by atoms with E-state index in [9.17, 15) is 9.59 Å². The summed E-state index contributed by atoms with van der Waals surface area (Å²) in [7, 11) is 3.09. The van der Waals surface area contributed by atoms with Crippen LogP contribution < -0.4 is 20.5 Å². The summed E-state index contributed by atoms with van der Waals surface area (Å²) in [6.07, 6.45) is 2.90. The minimum absolute atomic E-state index is 0.405. The van der Waals surface area contributed by atoms with Gasteiger partial charge in [0.15, 0.2) is 0 Å². The van der Waals surface area contributed by atoms with Gasteiger partial charge in [0.1, 0.15) is 17.5 Å². The molecule has 0 heterocycles.